The maximum Gasteiger partial charge on any atom is 0.338 e. The van der Waals surface area contributed by atoms with Gasteiger partial charge in [-0.15, -0.1) is 0 Å². The Bertz CT molecular complexity index is 959. The van der Waals surface area contributed by atoms with Crippen LogP contribution in [0.1, 0.15) is 26.3 Å². The molecule has 0 saturated heterocycles. The van der Waals surface area contributed by atoms with Gasteiger partial charge in [0.15, 0.2) is 6.61 Å². The number of esters is 1. The van der Waals surface area contributed by atoms with Crippen molar-refractivity contribution in [3.63, 3.8) is 0 Å². The van der Waals surface area contributed by atoms with Crippen LogP contribution in [0.3, 0.4) is 0 Å². The Balaban J connectivity index is 1.54. The van der Waals surface area contributed by atoms with Gasteiger partial charge in [-0.3, -0.25) is 14.9 Å². The van der Waals surface area contributed by atoms with Gasteiger partial charge in [-0.05, 0) is 19.1 Å². The summed E-state index contributed by atoms with van der Waals surface area (Å²) in [6.45, 7) is 1.50. The van der Waals surface area contributed by atoms with E-state index < -0.39 is 18.5 Å². The first kappa shape index (κ1) is 18.1. The molecular weight excluding hydrogens is 348 g/mol. The second-order valence-corrected chi connectivity index (χ2v) is 5.81. The van der Waals surface area contributed by atoms with Gasteiger partial charge in [-0.2, -0.15) is 0 Å². The topological polar surface area (TPSA) is 98.5 Å². The normalized spacial score (nSPS) is 10.3. The van der Waals surface area contributed by atoms with Crippen molar-refractivity contribution in [3.05, 3.63) is 71.3 Å². The van der Waals surface area contributed by atoms with Crippen LogP contribution < -0.4 is 5.32 Å². The first-order valence-corrected chi connectivity index (χ1v) is 8.11. The Morgan fingerprint density at radius 1 is 1.11 bits per heavy atom. The molecule has 7 nitrogen and oxygen atoms in total. The quantitative estimate of drug-likeness (QED) is 0.532. The zero-order valence-corrected chi connectivity index (χ0v) is 14.5. The van der Waals surface area contributed by atoms with E-state index in [1.54, 1.807) is 6.07 Å². The zero-order chi connectivity index (χ0) is 19.2. The van der Waals surface area contributed by atoms with Crippen molar-refractivity contribution < 1.29 is 23.6 Å². The van der Waals surface area contributed by atoms with Crippen molar-refractivity contribution in [3.8, 4) is 11.3 Å². The summed E-state index contributed by atoms with van der Waals surface area (Å²) in [7, 11) is 0. The number of carbonyl (C=O) groups is 3. The van der Waals surface area contributed by atoms with Crippen LogP contribution in [0.4, 0.5) is 5.88 Å². The fourth-order valence-electron chi connectivity index (χ4n) is 2.28. The van der Waals surface area contributed by atoms with Crippen molar-refractivity contribution in [1.29, 1.82) is 0 Å². The van der Waals surface area contributed by atoms with Crippen molar-refractivity contribution in [1.82, 2.24) is 5.16 Å². The van der Waals surface area contributed by atoms with Crippen molar-refractivity contribution in [2.45, 2.75) is 6.92 Å². The van der Waals surface area contributed by atoms with Gasteiger partial charge < -0.3 is 9.26 Å². The number of aromatic nitrogens is 1. The number of hydrogen-bond acceptors (Lipinski definition) is 6. The van der Waals surface area contributed by atoms with E-state index >= 15 is 0 Å². The SMILES string of the molecule is Cc1ccc(-c2cc(NC(=O)COC(=O)c3ccc(C=O)cc3)on2)cc1. The molecule has 0 aliphatic rings. The molecule has 0 spiro atoms. The van der Waals surface area contributed by atoms with E-state index in [1.165, 1.54) is 24.3 Å². The highest BCUT2D eigenvalue weighted by Crippen LogP contribution is 2.22. The molecule has 0 fully saturated rings. The number of carbonyl (C=O) groups excluding carboxylic acids is 3. The highest BCUT2D eigenvalue weighted by molar-refractivity contribution is 5.95. The van der Waals surface area contributed by atoms with E-state index in [-0.39, 0.29) is 11.4 Å². The van der Waals surface area contributed by atoms with Crippen molar-refractivity contribution >= 4 is 24.0 Å². The number of nitrogens with zero attached hydrogens (tertiary/aromatic N) is 1. The molecular formula is C20H16N2O5. The number of hydrogen-bond donors (Lipinski definition) is 1. The van der Waals surface area contributed by atoms with Crippen LogP contribution in [0.5, 0.6) is 0 Å². The fourth-order valence-corrected chi connectivity index (χ4v) is 2.28. The third-order valence-corrected chi connectivity index (χ3v) is 3.74. The van der Waals surface area contributed by atoms with Crippen LogP contribution in [-0.4, -0.2) is 29.9 Å². The number of aryl methyl sites for hydroxylation is 1. The van der Waals surface area contributed by atoms with Crippen LogP contribution >= 0.6 is 0 Å². The van der Waals surface area contributed by atoms with E-state index in [2.05, 4.69) is 10.5 Å². The molecule has 0 atom stereocenters. The number of benzene rings is 2. The molecule has 0 bridgehead atoms. The molecule has 7 heteroatoms. The maximum atomic E-state index is 11.9. The molecule has 1 aromatic heterocycles. The predicted octanol–water partition coefficient (Wildman–Crippen LogP) is 3.26. The molecule has 0 aliphatic carbocycles. The van der Waals surface area contributed by atoms with Crippen molar-refractivity contribution in [2.24, 2.45) is 0 Å². The van der Waals surface area contributed by atoms with Gasteiger partial charge in [0.25, 0.3) is 5.91 Å². The average molecular weight is 364 g/mol. The summed E-state index contributed by atoms with van der Waals surface area (Å²) in [5.74, 6) is -1.07. The first-order chi connectivity index (χ1) is 13.0. The summed E-state index contributed by atoms with van der Waals surface area (Å²) in [5.41, 5.74) is 3.25. The first-order valence-electron chi connectivity index (χ1n) is 8.11. The maximum absolute atomic E-state index is 11.9. The second-order valence-electron chi connectivity index (χ2n) is 5.81. The van der Waals surface area contributed by atoms with Crippen LogP contribution in [0, 0.1) is 6.92 Å². The minimum absolute atomic E-state index is 0.155. The monoisotopic (exact) mass is 364 g/mol. The lowest BCUT2D eigenvalue weighted by atomic mass is 10.1. The molecule has 0 radical (unpaired) electrons. The molecule has 3 aromatic rings. The van der Waals surface area contributed by atoms with Gasteiger partial charge in [0, 0.05) is 17.2 Å². The average Bonchev–Trinajstić information content (AvgIpc) is 3.15. The summed E-state index contributed by atoms with van der Waals surface area (Å²) in [6, 6.07) is 15.2. The highest BCUT2D eigenvalue weighted by Gasteiger charge is 2.13. The van der Waals surface area contributed by atoms with E-state index in [0.29, 0.717) is 17.5 Å². The third-order valence-electron chi connectivity index (χ3n) is 3.74. The molecule has 1 amide bonds. The lowest BCUT2D eigenvalue weighted by molar-refractivity contribution is -0.119. The summed E-state index contributed by atoms with van der Waals surface area (Å²) in [4.78, 5) is 34.4. The number of aldehydes is 1. The van der Waals surface area contributed by atoms with E-state index in [4.69, 9.17) is 9.26 Å². The van der Waals surface area contributed by atoms with Crippen LogP contribution in [0.25, 0.3) is 11.3 Å². The molecule has 2 aromatic carbocycles. The summed E-state index contributed by atoms with van der Waals surface area (Å²) in [6.07, 6.45) is 0.671. The summed E-state index contributed by atoms with van der Waals surface area (Å²) < 4.78 is 10.0. The highest BCUT2D eigenvalue weighted by atomic mass is 16.5. The van der Waals surface area contributed by atoms with Crippen LogP contribution in [0.2, 0.25) is 0 Å². The fraction of sp³-hybridized carbons (Fsp3) is 0.100. The smallest absolute Gasteiger partial charge is 0.338 e. The van der Waals surface area contributed by atoms with Gasteiger partial charge in [-0.1, -0.05) is 47.1 Å². The van der Waals surface area contributed by atoms with Crippen LogP contribution in [-0.2, 0) is 9.53 Å². The predicted molar refractivity (Wildman–Crippen MR) is 97.4 cm³/mol. The van der Waals surface area contributed by atoms with Gasteiger partial charge in [0.05, 0.1) is 5.56 Å². The minimum atomic E-state index is -0.666. The van der Waals surface area contributed by atoms with Crippen molar-refractivity contribution in [2.75, 3.05) is 11.9 Å². The summed E-state index contributed by atoms with van der Waals surface area (Å²) in [5, 5.41) is 6.38. The Hall–Kier alpha value is -3.74. The third kappa shape index (κ3) is 4.66. The molecule has 1 N–H and O–H groups in total. The molecule has 27 heavy (non-hydrogen) atoms. The molecule has 0 aliphatic heterocycles. The van der Waals surface area contributed by atoms with Gasteiger partial charge >= 0.3 is 5.97 Å². The Morgan fingerprint density at radius 3 is 2.48 bits per heavy atom. The van der Waals surface area contributed by atoms with Gasteiger partial charge in [0.1, 0.15) is 12.0 Å². The Labute approximate surface area is 154 Å². The lowest BCUT2D eigenvalue weighted by Crippen LogP contribution is -2.20. The number of amides is 1. The van der Waals surface area contributed by atoms with E-state index in [1.807, 2.05) is 31.2 Å². The zero-order valence-electron chi connectivity index (χ0n) is 14.5. The van der Waals surface area contributed by atoms with Gasteiger partial charge in [-0.25, -0.2) is 4.79 Å². The molecule has 3 rings (SSSR count). The molecule has 0 unspecified atom stereocenters. The van der Waals surface area contributed by atoms with Crippen LogP contribution in [0.15, 0.2) is 59.1 Å². The largest absolute Gasteiger partial charge is 0.452 e. The van der Waals surface area contributed by atoms with E-state index in [9.17, 15) is 14.4 Å². The summed E-state index contributed by atoms with van der Waals surface area (Å²) >= 11 is 0. The number of anilines is 1. The standard InChI is InChI=1S/C20H16N2O5/c1-13-2-6-15(7-3-13)17-10-19(27-22-17)21-18(24)12-26-20(25)16-8-4-14(11-23)5-9-16/h2-11H,12H2,1H3,(H,21,24). The Morgan fingerprint density at radius 2 is 1.81 bits per heavy atom. The lowest BCUT2D eigenvalue weighted by Gasteiger charge is -2.04. The second kappa shape index (κ2) is 8.09. The molecule has 136 valence electrons. The number of nitrogens with one attached hydrogen (secondary N) is 1. The minimum Gasteiger partial charge on any atom is -0.452 e. The van der Waals surface area contributed by atoms with E-state index in [0.717, 1.165) is 11.1 Å². The molecule has 1 heterocycles. The Kier molecular flexibility index (Phi) is 5.41. The van der Waals surface area contributed by atoms with Gasteiger partial charge in [0.2, 0.25) is 5.88 Å². The molecule has 0 saturated carbocycles. The number of ether oxygens (including phenoxy) is 1. The number of rotatable bonds is 6.